The first kappa shape index (κ1) is 21.0. The minimum absolute atomic E-state index is 0.0410. The van der Waals surface area contributed by atoms with Gasteiger partial charge in [0.05, 0.1) is 23.1 Å². The van der Waals surface area contributed by atoms with Crippen LogP contribution in [0.4, 0.5) is 4.79 Å². The summed E-state index contributed by atoms with van der Waals surface area (Å²) < 4.78 is 2.25. The third-order valence-corrected chi connectivity index (χ3v) is 7.45. The lowest BCUT2D eigenvalue weighted by molar-refractivity contribution is -0.121. The van der Waals surface area contributed by atoms with Gasteiger partial charge in [0.15, 0.2) is 0 Å². The molecule has 2 aliphatic heterocycles. The van der Waals surface area contributed by atoms with Gasteiger partial charge in [-0.25, -0.2) is 9.78 Å². The Morgan fingerprint density at radius 3 is 2.97 bits per heavy atom. The molecule has 3 atom stereocenters. The Kier molecular flexibility index (Phi) is 6.51. The second-order valence-electron chi connectivity index (χ2n) is 8.45. The molecule has 0 spiro atoms. The lowest BCUT2D eigenvalue weighted by atomic mass is 10.0. The molecule has 3 heterocycles. The summed E-state index contributed by atoms with van der Waals surface area (Å²) in [6.45, 7) is 4.93. The number of fused-ring (bicyclic) bond motifs is 2. The number of nitrogens with zero attached hydrogens (tertiary/aromatic N) is 2. The molecule has 1 aromatic carbocycles. The predicted molar refractivity (Wildman–Crippen MR) is 121 cm³/mol. The molecule has 1 aromatic heterocycles. The molecule has 0 unspecified atom stereocenters. The van der Waals surface area contributed by atoms with Crippen molar-refractivity contribution >= 4 is 34.7 Å². The van der Waals surface area contributed by atoms with E-state index >= 15 is 0 Å². The Morgan fingerprint density at radius 1 is 1.30 bits per heavy atom. The van der Waals surface area contributed by atoms with Crippen molar-refractivity contribution in [3.05, 3.63) is 30.1 Å². The summed E-state index contributed by atoms with van der Waals surface area (Å²) in [7, 11) is 0. The number of unbranched alkanes of at least 4 members (excludes halogenated alkanes) is 1. The summed E-state index contributed by atoms with van der Waals surface area (Å²) in [5.41, 5.74) is 2.16. The lowest BCUT2D eigenvalue weighted by Gasteiger charge is -2.16. The number of urea groups is 1. The minimum atomic E-state index is -0.0410. The highest BCUT2D eigenvalue weighted by molar-refractivity contribution is 8.00. The number of benzene rings is 1. The van der Waals surface area contributed by atoms with Crippen molar-refractivity contribution in [1.82, 2.24) is 25.5 Å². The fourth-order valence-corrected chi connectivity index (χ4v) is 6.07. The Labute approximate surface area is 181 Å². The quantitative estimate of drug-likeness (QED) is 0.422. The van der Waals surface area contributed by atoms with E-state index in [1.165, 1.54) is 0 Å². The largest absolute Gasteiger partial charge is 0.356 e. The van der Waals surface area contributed by atoms with Gasteiger partial charge in [-0.3, -0.25) is 4.79 Å². The maximum absolute atomic E-state index is 12.2. The van der Waals surface area contributed by atoms with Gasteiger partial charge in [0.1, 0.15) is 5.82 Å². The average molecular weight is 430 g/mol. The van der Waals surface area contributed by atoms with Crippen LogP contribution in [0.2, 0.25) is 0 Å². The van der Waals surface area contributed by atoms with Crippen molar-refractivity contribution in [3.8, 4) is 0 Å². The number of amides is 3. The van der Waals surface area contributed by atoms with Crippen molar-refractivity contribution < 1.29 is 9.59 Å². The van der Waals surface area contributed by atoms with Gasteiger partial charge < -0.3 is 20.5 Å². The van der Waals surface area contributed by atoms with Crippen molar-refractivity contribution in [2.45, 2.75) is 69.3 Å². The highest BCUT2D eigenvalue weighted by Gasteiger charge is 2.42. The van der Waals surface area contributed by atoms with E-state index in [4.69, 9.17) is 4.98 Å². The van der Waals surface area contributed by atoms with Gasteiger partial charge in [-0.05, 0) is 38.8 Å². The van der Waals surface area contributed by atoms with E-state index in [0.717, 1.165) is 48.3 Å². The molecule has 7 nitrogen and oxygen atoms in total. The first-order chi connectivity index (χ1) is 14.5. The summed E-state index contributed by atoms with van der Waals surface area (Å²) in [4.78, 5) is 28.4. The molecule has 0 aliphatic carbocycles. The summed E-state index contributed by atoms with van der Waals surface area (Å²) in [6, 6.07) is 8.98. The Bertz CT molecular complexity index is 912. The standard InChI is InChI=1S/C22H31N5O2S/c1-14(2)27-17-8-4-3-7-15(17)24-19(27)11-12-23-20(28)10-6-5-9-18-21-16(13-30-18)25-22(29)26-21/h3-4,7-8,14,16,18,21H,5-6,9-13H2,1-2H3,(H,23,28)(H2,25,26,29)/t16-,18+,21-/m1/s1. The normalized spacial score (nSPS) is 22.9. The summed E-state index contributed by atoms with van der Waals surface area (Å²) >= 11 is 1.92. The first-order valence-corrected chi connectivity index (χ1v) is 12.0. The molecule has 3 amide bonds. The molecule has 0 saturated carbocycles. The van der Waals surface area contributed by atoms with Crippen LogP contribution < -0.4 is 16.0 Å². The lowest BCUT2D eigenvalue weighted by Crippen LogP contribution is -2.36. The topological polar surface area (TPSA) is 88.0 Å². The summed E-state index contributed by atoms with van der Waals surface area (Å²) in [5.74, 6) is 2.11. The van der Waals surface area contributed by atoms with Crippen LogP contribution in [0.25, 0.3) is 11.0 Å². The summed E-state index contributed by atoms with van der Waals surface area (Å²) in [6.07, 6.45) is 4.21. The highest BCUT2D eigenvalue weighted by Crippen LogP contribution is 2.33. The van der Waals surface area contributed by atoms with Crippen molar-refractivity contribution in [2.24, 2.45) is 0 Å². The van der Waals surface area contributed by atoms with E-state index in [-0.39, 0.29) is 24.0 Å². The van der Waals surface area contributed by atoms with Gasteiger partial charge in [0.25, 0.3) is 0 Å². The van der Waals surface area contributed by atoms with E-state index < -0.39 is 0 Å². The fraction of sp³-hybridized carbons (Fsp3) is 0.591. The maximum Gasteiger partial charge on any atom is 0.315 e. The molecule has 30 heavy (non-hydrogen) atoms. The zero-order valence-corrected chi connectivity index (χ0v) is 18.5. The van der Waals surface area contributed by atoms with Gasteiger partial charge in [0.2, 0.25) is 5.91 Å². The second-order valence-corrected chi connectivity index (χ2v) is 9.72. The predicted octanol–water partition coefficient (Wildman–Crippen LogP) is 3.00. The molecular weight excluding hydrogens is 398 g/mol. The molecule has 4 rings (SSSR count). The molecule has 2 fully saturated rings. The SMILES string of the molecule is CC(C)n1c(CCNC(=O)CCCC[C@@H]2SC[C@H]3NC(=O)N[C@@H]23)nc2ccccc21. The number of aromatic nitrogens is 2. The van der Waals surface area contributed by atoms with E-state index in [1.54, 1.807) is 0 Å². The van der Waals surface area contributed by atoms with Crippen LogP contribution in [0.5, 0.6) is 0 Å². The minimum Gasteiger partial charge on any atom is -0.356 e. The third-order valence-electron chi connectivity index (χ3n) is 5.94. The molecule has 162 valence electrons. The van der Waals surface area contributed by atoms with Gasteiger partial charge in [-0.2, -0.15) is 11.8 Å². The van der Waals surface area contributed by atoms with Crippen LogP contribution in [0.3, 0.4) is 0 Å². The molecule has 8 heteroatoms. The molecule has 2 aromatic rings. The van der Waals surface area contributed by atoms with E-state index in [2.05, 4.69) is 40.4 Å². The average Bonchev–Trinajstić information content (AvgIpc) is 3.37. The highest BCUT2D eigenvalue weighted by atomic mass is 32.2. The third kappa shape index (κ3) is 4.58. The van der Waals surface area contributed by atoms with Crippen LogP contribution in [0.15, 0.2) is 24.3 Å². The number of hydrogen-bond acceptors (Lipinski definition) is 4. The Morgan fingerprint density at radius 2 is 2.13 bits per heavy atom. The zero-order valence-electron chi connectivity index (χ0n) is 17.7. The fourth-order valence-electron chi connectivity index (χ4n) is 4.52. The number of carbonyl (C=O) groups is 2. The monoisotopic (exact) mass is 429 g/mol. The van der Waals surface area contributed by atoms with Gasteiger partial charge >= 0.3 is 6.03 Å². The number of rotatable bonds is 9. The zero-order chi connectivity index (χ0) is 21.1. The Balaban J connectivity index is 1.18. The molecule has 3 N–H and O–H groups in total. The van der Waals surface area contributed by atoms with E-state index in [1.807, 2.05) is 30.0 Å². The smallest absolute Gasteiger partial charge is 0.315 e. The van der Waals surface area contributed by atoms with Gasteiger partial charge in [0, 0.05) is 36.4 Å². The van der Waals surface area contributed by atoms with Crippen LogP contribution in [-0.2, 0) is 11.2 Å². The molecular formula is C22H31N5O2S. The first-order valence-electron chi connectivity index (χ1n) is 10.9. The number of thioether (sulfide) groups is 1. The number of imidazole rings is 1. The number of hydrogen-bond donors (Lipinski definition) is 3. The molecule has 0 radical (unpaired) electrons. The van der Waals surface area contributed by atoms with E-state index in [9.17, 15) is 9.59 Å². The molecule has 2 aliphatic rings. The second kappa shape index (κ2) is 9.29. The van der Waals surface area contributed by atoms with Gasteiger partial charge in [-0.1, -0.05) is 18.6 Å². The van der Waals surface area contributed by atoms with Crippen molar-refractivity contribution in [1.29, 1.82) is 0 Å². The molecule has 0 bridgehead atoms. The van der Waals surface area contributed by atoms with Crippen LogP contribution in [-0.4, -0.2) is 51.1 Å². The number of para-hydroxylation sites is 2. The maximum atomic E-state index is 12.2. The van der Waals surface area contributed by atoms with E-state index in [0.29, 0.717) is 24.3 Å². The number of nitrogens with one attached hydrogen (secondary N) is 3. The molecule has 2 saturated heterocycles. The summed E-state index contributed by atoms with van der Waals surface area (Å²) in [5, 5.41) is 9.50. The van der Waals surface area contributed by atoms with Crippen LogP contribution in [0, 0.1) is 0 Å². The Hall–Kier alpha value is -2.22. The van der Waals surface area contributed by atoms with Crippen molar-refractivity contribution in [3.63, 3.8) is 0 Å². The number of carbonyl (C=O) groups excluding carboxylic acids is 2. The van der Waals surface area contributed by atoms with Crippen LogP contribution in [0.1, 0.15) is 51.4 Å². The van der Waals surface area contributed by atoms with Gasteiger partial charge in [-0.15, -0.1) is 0 Å². The van der Waals surface area contributed by atoms with Crippen LogP contribution >= 0.6 is 11.8 Å². The van der Waals surface area contributed by atoms with Crippen molar-refractivity contribution in [2.75, 3.05) is 12.3 Å².